The lowest BCUT2D eigenvalue weighted by Crippen LogP contribution is -2.12. The van der Waals surface area contributed by atoms with Crippen molar-refractivity contribution in [3.63, 3.8) is 0 Å². The zero-order chi connectivity index (χ0) is 11.7. The Morgan fingerprint density at radius 3 is 2.56 bits per heavy atom. The van der Waals surface area contributed by atoms with Gasteiger partial charge in [0.05, 0.1) is 15.4 Å². The summed E-state index contributed by atoms with van der Waals surface area (Å²) in [7, 11) is 0. The van der Waals surface area contributed by atoms with E-state index in [9.17, 15) is 0 Å². The number of halogens is 1. The van der Waals surface area contributed by atoms with E-state index in [2.05, 4.69) is 40.0 Å². The molecule has 16 heavy (non-hydrogen) atoms. The smallest absolute Gasteiger partial charge is 0.103 e. The van der Waals surface area contributed by atoms with Crippen LogP contribution in [-0.4, -0.2) is 11.5 Å². The first kappa shape index (κ1) is 12.2. The highest BCUT2D eigenvalue weighted by Crippen LogP contribution is 2.34. The van der Waals surface area contributed by atoms with Gasteiger partial charge < -0.3 is 5.73 Å². The van der Waals surface area contributed by atoms with E-state index in [1.807, 2.05) is 6.92 Å². The van der Waals surface area contributed by atoms with Crippen molar-refractivity contribution in [3.8, 4) is 0 Å². The molecule has 1 unspecified atom stereocenters. The first-order valence-corrected chi connectivity index (χ1v) is 7.43. The molecule has 0 saturated heterocycles. The number of thiophene rings is 1. The van der Waals surface area contributed by atoms with Crippen LogP contribution >= 0.6 is 38.6 Å². The molecule has 2 aromatic heterocycles. The fourth-order valence-electron chi connectivity index (χ4n) is 1.50. The molecule has 2 nitrogen and oxygen atoms in total. The van der Waals surface area contributed by atoms with E-state index in [0.717, 1.165) is 14.5 Å². The van der Waals surface area contributed by atoms with Crippen LogP contribution in [0.25, 0.3) is 0 Å². The molecule has 0 amide bonds. The number of hydrogen-bond acceptors (Lipinski definition) is 4. The second kappa shape index (κ2) is 4.96. The molecule has 0 bridgehead atoms. The summed E-state index contributed by atoms with van der Waals surface area (Å²) < 4.78 is 1.14. The molecular formula is C11H13BrN2S2. The summed E-state index contributed by atoms with van der Waals surface area (Å²) in [4.78, 5) is 7.16. The van der Waals surface area contributed by atoms with Crippen molar-refractivity contribution in [2.24, 2.45) is 5.73 Å². The molecule has 2 N–H and O–H groups in total. The summed E-state index contributed by atoms with van der Waals surface area (Å²) >= 11 is 6.97. The summed E-state index contributed by atoms with van der Waals surface area (Å²) in [6.07, 6.45) is 0. The summed E-state index contributed by atoms with van der Waals surface area (Å²) in [6.45, 7) is 4.76. The minimum absolute atomic E-state index is 0.244. The first-order chi connectivity index (χ1) is 7.61. The molecule has 0 aliphatic heterocycles. The minimum atomic E-state index is 0.244. The normalized spacial score (nSPS) is 13.0. The van der Waals surface area contributed by atoms with Gasteiger partial charge in [-0.1, -0.05) is 0 Å². The van der Waals surface area contributed by atoms with Crippen LogP contribution in [0.3, 0.4) is 0 Å². The molecule has 0 aromatic carbocycles. The lowest BCUT2D eigenvalue weighted by atomic mass is 10.1. The van der Waals surface area contributed by atoms with Gasteiger partial charge in [0, 0.05) is 16.3 Å². The maximum atomic E-state index is 5.86. The highest BCUT2D eigenvalue weighted by molar-refractivity contribution is 9.11. The fourth-order valence-corrected chi connectivity index (χ4v) is 4.17. The van der Waals surface area contributed by atoms with Gasteiger partial charge in [0.15, 0.2) is 0 Å². The Morgan fingerprint density at radius 2 is 2.12 bits per heavy atom. The molecular weight excluding hydrogens is 304 g/mol. The standard InChI is InChI=1S/C11H13BrN2S2/c1-6-7(2)15-11(14-6)8(5-13)9-3-4-10(12)16-9/h3-4,8H,5,13H2,1-2H3. The molecule has 2 rings (SSSR count). The van der Waals surface area contributed by atoms with Gasteiger partial charge >= 0.3 is 0 Å². The van der Waals surface area contributed by atoms with Crippen molar-refractivity contribution in [2.75, 3.05) is 6.54 Å². The van der Waals surface area contributed by atoms with E-state index in [1.165, 1.54) is 9.75 Å². The predicted octanol–water partition coefficient (Wildman–Crippen LogP) is 3.67. The highest BCUT2D eigenvalue weighted by atomic mass is 79.9. The average molecular weight is 317 g/mol. The Morgan fingerprint density at radius 1 is 1.38 bits per heavy atom. The molecule has 0 fully saturated rings. The minimum Gasteiger partial charge on any atom is -0.329 e. The second-order valence-corrected chi connectivity index (χ2v) is 7.35. The van der Waals surface area contributed by atoms with Crippen molar-refractivity contribution >= 4 is 38.6 Å². The number of nitrogens with two attached hydrogens (primary N) is 1. The van der Waals surface area contributed by atoms with Gasteiger partial charge in [0.2, 0.25) is 0 Å². The van der Waals surface area contributed by atoms with Crippen LogP contribution in [0.15, 0.2) is 15.9 Å². The maximum absolute atomic E-state index is 5.86. The van der Waals surface area contributed by atoms with Crippen LogP contribution in [0.4, 0.5) is 0 Å². The van der Waals surface area contributed by atoms with Crippen molar-refractivity contribution in [1.82, 2.24) is 4.98 Å². The van der Waals surface area contributed by atoms with Crippen molar-refractivity contribution in [2.45, 2.75) is 19.8 Å². The van der Waals surface area contributed by atoms with E-state index < -0.39 is 0 Å². The van der Waals surface area contributed by atoms with Crippen molar-refractivity contribution in [3.05, 3.63) is 36.4 Å². The van der Waals surface area contributed by atoms with Crippen LogP contribution in [0.2, 0.25) is 0 Å². The zero-order valence-electron chi connectivity index (χ0n) is 9.16. The van der Waals surface area contributed by atoms with Crippen LogP contribution in [-0.2, 0) is 0 Å². The van der Waals surface area contributed by atoms with Crippen LogP contribution < -0.4 is 5.73 Å². The average Bonchev–Trinajstić information content (AvgIpc) is 2.77. The van der Waals surface area contributed by atoms with E-state index >= 15 is 0 Å². The molecule has 5 heteroatoms. The summed E-state index contributed by atoms with van der Waals surface area (Å²) in [5, 5.41) is 1.13. The molecule has 2 heterocycles. The van der Waals surface area contributed by atoms with Gasteiger partial charge in [-0.25, -0.2) is 4.98 Å². The maximum Gasteiger partial charge on any atom is 0.103 e. The lowest BCUT2D eigenvalue weighted by molar-refractivity contribution is 0.821. The number of nitrogens with zero attached hydrogens (tertiary/aromatic N) is 1. The highest BCUT2D eigenvalue weighted by Gasteiger charge is 2.18. The fraction of sp³-hybridized carbons (Fsp3) is 0.364. The number of aromatic nitrogens is 1. The molecule has 1 atom stereocenters. The quantitative estimate of drug-likeness (QED) is 0.938. The van der Waals surface area contributed by atoms with E-state index in [0.29, 0.717) is 6.54 Å². The van der Waals surface area contributed by atoms with Crippen LogP contribution in [0, 0.1) is 13.8 Å². The molecule has 86 valence electrons. The molecule has 0 aliphatic carbocycles. The molecule has 2 aromatic rings. The number of thiazole rings is 1. The third-order valence-electron chi connectivity index (χ3n) is 2.52. The summed E-state index contributed by atoms with van der Waals surface area (Å²) in [5.74, 6) is 0.244. The molecule has 0 aliphatic rings. The van der Waals surface area contributed by atoms with Crippen molar-refractivity contribution < 1.29 is 0 Å². The van der Waals surface area contributed by atoms with Gasteiger partial charge in [-0.2, -0.15) is 0 Å². The molecule has 0 saturated carbocycles. The number of rotatable bonds is 3. The largest absolute Gasteiger partial charge is 0.329 e. The van der Waals surface area contributed by atoms with Gasteiger partial charge in [0.1, 0.15) is 5.01 Å². The third kappa shape index (κ3) is 2.37. The van der Waals surface area contributed by atoms with Gasteiger partial charge in [0.25, 0.3) is 0 Å². The topological polar surface area (TPSA) is 38.9 Å². The Balaban J connectivity index is 2.36. The first-order valence-electron chi connectivity index (χ1n) is 5.01. The Hall–Kier alpha value is -0.230. The summed E-state index contributed by atoms with van der Waals surface area (Å²) in [5.41, 5.74) is 6.98. The lowest BCUT2D eigenvalue weighted by Gasteiger charge is -2.08. The molecule has 0 radical (unpaired) electrons. The third-order valence-corrected chi connectivity index (χ3v) is 5.44. The SMILES string of the molecule is Cc1nc(C(CN)c2ccc(Br)s2)sc1C. The van der Waals surface area contributed by atoms with E-state index in [4.69, 9.17) is 5.73 Å². The van der Waals surface area contributed by atoms with Crippen LogP contribution in [0.1, 0.15) is 26.4 Å². The zero-order valence-corrected chi connectivity index (χ0v) is 12.4. The Labute approximate surface area is 112 Å². The second-order valence-electron chi connectivity index (χ2n) is 3.62. The van der Waals surface area contributed by atoms with Gasteiger partial charge in [-0.05, 0) is 41.9 Å². The summed E-state index contributed by atoms with van der Waals surface area (Å²) in [6, 6.07) is 4.19. The van der Waals surface area contributed by atoms with E-state index in [1.54, 1.807) is 22.7 Å². The van der Waals surface area contributed by atoms with Gasteiger partial charge in [-0.3, -0.25) is 0 Å². The van der Waals surface area contributed by atoms with Gasteiger partial charge in [-0.15, -0.1) is 22.7 Å². The number of aryl methyl sites for hydroxylation is 2. The van der Waals surface area contributed by atoms with E-state index in [-0.39, 0.29) is 5.92 Å². The Bertz CT molecular complexity index is 470. The molecule has 0 spiro atoms. The van der Waals surface area contributed by atoms with Crippen molar-refractivity contribution in [1.29, 1.82) is 0 Å². The monoisotopic (exact) mass is 316 g/mol. The Kier molecular flexibility index (Phi) is 3.79. The van der Waals surface area contributed by atoms with Crippen LogP contribution in [0.5, 0.6) is 0 Å². The predicted molar refractivity (Wildman–Crippen MR) is 74.5 cm³/mol. The number of hydrogen-bond donors (Lipinski definition) is 1.